The number of nitrogens with two attached hydrogens (primary N) is 1. The normalized spacial score (nSPS) is 22.8. The van der Waals surface area contributed by atoms with Crippen LogP contribution in [0.1, 0.15) is 52.9 Å². The number of rotatable bonds is 7. The molecule has 0 unspecified atom stereocenters. The fourth-order valence-corrected chi connectivity index (χ4v) is 6.36. The minimum Gasteiger partial charge on any atom is -0.508 e. The Balaban J connectivity index is 0.00000423. The van der Waals surface area contributed by atoms with Crippen LogP contribution in [0.15, 0.2) is 47.2 Å². The van der Waals surface area contributed by atoms with Crippen molar-refractivity contribution in [1.82, 2.24) is 5.32 Å². The number of phenolic OH excluding ortho intramolecular Hbond substituents is 1. The van der Waals surface area contributed by atoms with Crippen LogP contribution in [0, 0.1) is 11.8 Å². The van der Waals surface area contributed by atoms with Crippen LogP contribution in [0.2, 0.25) is 0 Å². The number of nitrogens with zero attached hydrogens (tertiary/aromatic N) is 1. The summed E-state index contributed by atoms with van der Waals surface area (Å²) in [6.07, 6.45) is -0.114. The highest BCUT2D eigenvalue weighted by Crippen LogP contribution is 2.53. The Morgan fingerprint density at radius 1 is 1.07 bits per heavy atom. The van der Waals surface area contributed by atoms with Gasteiger partial charge in [0.1, 0.15) is 22.8 Å². The van der Waals surface area contributed by atoms with Gasteiger partial charge < -0.3 is 41.5 Å². The zero-order chi connectivity index (χ0) is 30.7. The fraction of sp³-hybridized carbons (Fsp3) is 0.355. The van der Waals surface area contributed by atoms with Crippen molar-refractivity contribution in [2.24, 2.45) is 17.6 Å². The number of aromatic hydroxyl groups is 1. The predicted molar refractivity (Wildman–Crippen MR) is 156 cm³/mol. The maximum atomic E-state index is 13.8. The second kappa shape index (κ2) is 11.2. The van der Waals surface area contributed by atoms with Crippen LogP contribution in [0.25, 0.3) is 5.76 Å². The summed E-state index contributed by atoms with van der Waals surface area (Å²) in [5.41, 5.74) is 4.25. The van der Waals surface area contributed by atoms with Gasteiger partial charge >= 0.3 is 5.97 Å². The van der Waals surface area contributed by atoms with E-state index in [1.54, 1.807) is 32.3 Å². The summed E-state index contributed by atoms with van der Waals surface area (Å²) in [5.74, 6) is -7.70. The summed E-state index contributed by atoms with van der Waals surface area (Å²) in [6, 6.07) is 8.09. The van der Waals surface area contributed by atoms with E-state index in [-0.39, 0.29) is 55.7 Å². The second-order valence-electron chi connectivity index (χ2n) is 11.2. The lowest BCUT2D eigenvalue weighted by Gasteiger charge is -2.46. The van der Waals surface area contributed by atoms with Gasteiger partial charge in [0.25, 0.3) is 5.91 Å². The van der Waals surface area contributed by atoms with Crippen LogP contribution in [0.5, 0.6) is 5.75 Å². The number of hydrogen-bond acceptors (Lipinski definition) is 10. The molecule has 2 aromatic rings. The van der Waals surface area contributed by atoms with E-state index < -0.39 is 58.0 Å². The lowest BCUT2D eigenvalue weighted by molar-refractivity contribution is -0.147. The molecule has 228 valence electrons. The van der Waals surface area contributed by atoms with Crippen molar-refractivity contribution >= 4 is 34.9 Å². The molecule has 2 aromatic carbocycles. The van der Waals surface area contributed by atoms with Crippen LogP contribution in [-0.4, -0.2) is 68.7 Å². The lowest BCUT2D eigenvalue weighted by atomic mass is 9.59. The van der Waals surface area contributed by atoms with Gasteiger partial charge in [-0.1, -0.05) is 19.6 Å². The number of primary amides is 1. The first kappa shape index (κ1) is 31.3. The molecule has 0 aliphatic heterocycles. The highest BCUT2D eigenvalue weighted by molar-refractivity contribution is 6.22. The van der Waals surface area contributed by atoms with Crippen LogP contribution >= 0.6 is 0 Å². The Labute approximate surface area is 247 Å². The van der Waals surface area contributed by atoms with Gasteiger partial charge in [0.2, 0.25) is 5.78 Å². The number of Topliss-reactive ketones (excluding diaryl/α,β-unsaturated/α-hetero) is 2. The standard InChI is InChI=1S/C30H31N3O9.CH4/c1-33(2)19-9-16(12-32-11-13-3-5-14(6-4-13)29(40)41)24(35)22-18(19)8-15-7-17-10-20(34)23(28(31)39)27(38)30(17,42)26(37)21(15)25(22)36;/h3-6,9,15,17,32,35-36,38,42H,7-8,10-12H2,1-2H3,(H2,31,39)(H,40,41);1H4/t15-,17+,30+;/m1./s1. The molecule has 0 saturated heterocycles. The molecule has 0 bridgehead atoms. The molecule has 0 spiro atoms. The van der Waals surface area contributed by atoms with Gasteiger partial charge in [-0.15, -0.1) is 0 Å². The monoisotopic (exact) mass is 593 g/mol. The van der Waals surface area contributed by atoms with E-state index in [1.165, 1.54) is 12.1 Å². The number of carboxylic acid groups (broad SMARTS) is 1. The molecule has 3 aliphatic carbocycles. The maximum absolute atomic E-state index is 13.8. The van der Waals surface area contributed by atoms with Gasteiger partial charge in [0.05, 0.1) is 11.1 Å². The van der Waals surface area contributed by atoms with E-state index in [0.717, 1.165) is 5.56 Å². The average Bonchev–Trinajstić information content (AvgIpc) is 2.91. The van der Waals surface area contributed by atoms with E-state index in [2.05, 4.69) is 5.32 Å². The Kier molecular flexibility index (Phi) is 8.14. The number of carbonyl (C=O) groups excluding carboxylic acids is 3. The van der Waals surface area contributed by atoms with Crippen LogP contribution in [0.3, 0.4) is 0 Å². The smallest absolute Gasteiger partial charge is 0.335 e. The molecule has 43 heavy (non-hydrogen) atoms. The van der Waals surface area contributed by atoms with Gasteiger partial charge in [0, 0.05) is 56.3 Å². The molecule has 1 saturated carbocycles. The van der Waals surface area contributed by atoms with E-state index in [1.807, 2.05) is 4.90 Å². The number of carboxylic acids is 1. The first-order valence-electron chi connectivity index (χ1n) is 13.3. The molecule has 12 nitrogen and oxygen atoms in total. The van der Waals surface area contributed by atoms with Crippen molar-refractivity contribution in [1.29, 1.82) is 0 Å². The molecule has 1 amide bonds. The SMILES string of the molecule is C.CN(C)c1cc(CNCc2ccc(C(=O)O)cc2)c(O)c2c1C[C@H]1C[C@H]3CC(=O)C(C(N)=O)=C(O)[C@@]3(O)C(=O)C1=C2O. The minimum atomic E-state index is -2.62. The first-order chi connectivity index (χ1) is 19.8. The summed E-state index contributed by atoms with van der Waals surface area (Å²) in [5, 5.41) is 57.2. The molecule has 0 aromatic heterocycles. The number of phenols is 1. The molecular weight excluding hydrogens is 558 g/mol. The fourth-order valence-electron chi connectivity index (χ4n) is 6.36. The molecule has 3 atom stereocenters. The highest BCUT2D eigenvalue weighted by Gasteiger charge is 2.60. The molecular formula is C31H35N3O9. The van der Waals surface area contributed by atoms with Crippen LogP contribution in [-0.2, 0) is 33.9 Å². The zero-order valence-electron chi connectivity index (χ0n) is 23.0. The van der Waals surface area contributed by atoms with Gasteiger partial charge in [-0.3, -0.25) is 14.4 Å². The summed E-state index contributed by atoms with van der Waals surface area (Å²) < 4.78 is 0. The number of ketones is 2. The summed E-state index contributed by atoms with van der Waals surface area (Å²) in [6.45, 7) is 0.503. The van der Waals surface area contributed by atoms with Crippen molar-refractivity contribution in [3.8, 4) is 5.75 Å². The predicted octanol–water partition coefficient (Wildman–Crippen LogP) is 2.11. The lowest BCUT2D eigenvalue weighted by Crippen LogP contribution is -2.58. The van der Waals surface area contributed by atoms with Crippen molar-refractivity contribution in [2.45, 2.75) is 45.4 Å². The third-order valence-electron chi connectivity index (χ3n) is 8.45. The third-order valence-corrected chi connectivity index (χ3v) is 8.45. The van der Waals surface area contributed by atoms with Crippen LogP contribution in [0.4, 0.5) is 5.69 Å². The van der Waals surface area contributed by atoms with Gasteiger partial charge in [-0.2, -0.15) is 0 Å². The van der Waals surface area contributed by atoms with E-state index in [0.29, 0.717) is 23.4 Å². The van der Waals surface area contributed by atoms with E-state index >= 15 is 0 Å². The number of hydrogen-bond donors (Lipinski definition) is 7. The molecule has 12 heteroatoms. The van der Waals surface area contributed by atoms with Crippen molar-refractivity contribution < 1.29 is 44.7 Å². The topological polar surface area (TPSA) is 211 Å². The highest BCUT2D eigenvalue weighted by atomic mass is 16.4. The molecule has 8 N–H and O–H groups in total. The van der Waals surface area contributed by atoms with Gasteiger partial charge in [-0.05, 0) is 48.1 Å². The minimum absolute atomic E-state index is 0. The number of nitrogens with one attached hydrogen (secondary N) is 1. The number of anilines is 1. The maximum Gasteiger partial charge on any atom is 0.335 e. The van der Waals surface area contributed by atoms with Crippen molar-refractivity contribution in [3.63, 3.8) is 0 Å². The number of aromatic carboxylic acids is 1. The number of aliphatic hydroxyl groups excluding tert-OH is 2. The quantitative estimate of drug-likeness (QED) is 0.231. The third kappa shape index (κ3) is 4.92. The van der Waals surface area contributed by atoms with E-state index in [9.17, 15) is 39.6 Å². The average molecular weight is 594 g/mol. The number of amides is 1. The largest absolute Gasteiger partial charge is 0.508 e. The summed E-state index contributed by atoms with van der Waals surface area (Å²) >= 11 is 0. The molecule has 0 radical (unpaired) electrons. The van der Waals surface area contributed by atoms with Crippen molar-refractivity contribution in [2.75, 3.05) is 19.0 Å². The number of carbonyl (C=O) groups is 4. The Bertz CT molecular complexity index is 1610. The van der Waals surface area contributed by atoms with Crippen LogP contribution < -0.4 is 16.0 Å². The molecule has 5 rings (SSSR count). The second-order valence-corrected chi connectivity index (χ2v) is 11.2. The van der Waals surface area contributed by atoms with Gasteiger partial charge in [0.15, 0.2) is 11.4 Å². The molecule has 0 heterocycles. The van der Waals surface area contributed by atoms with Gasteiger partial charge in [-0.25, -0.2) is 4.79 Å². The summed E-state index contributed by atoms with van der Waals surface area (Å²) in [4.78, 5) is 51.1. The number of fused-ring (bicyclic) bond motifs is 3. The Hall–Kier alpha value is -4.68. The summed E-state index contributed by atoms with van der Waals surface area (Å²) in [7, 11) is 3.59. The Morgan fingerprint density at radius 3 is 2.30 bits per heavy atom. The molecule has 3 aliphatic rings. The first-order valence-corrected chi connectivity index (χ1v) is 13.3. The number of benzene rings is 2. The Morgan fingerprint density at radius 2 is 1.72 bits per heavy atom. The number of aliphatic hydroxyl groups is 3. The van der Waals surface area contributed by atoms with Crippen molar-refractivity contribution in [3.05, 3.63) is 75.1 Å². The zero-order valence-corrected chi connectivity index (χ0v) is 23.0. The van der Waals surface area contributed by atoms with E-state index in [4.69, 9.17) is 10.8 Å². The molecule has 1 fully saturated rings.